The van der Waals surface area contributed by atoms with Gasteiger partial charge in [0.1, 0.15) is 21.7 Å². The van der Waals surface area contributed by atoms with Crippen molar-refractivity contribution in [3.05, 3.63) is 128 Å². The Morgan fingerprint density at radius 3 is 2.34 bits per heavy atom. The summed E-state index contributed by atoms with van der Waals surface area (Å²) in [7, 11) is 3.02. The van der Waals surface area contributed by atoms with E-state index in [2.05, 4.69) is 5.32 Å². The first-order chi connectivity index (χ1) is 21.1. The molecule has 1 aliphatic rings. The molecule has 11 heteroatoms. The quantitative estimate of drug-likeness (QED) is 0.120. The largest absolute Gasteiger partial charge is 0.619 e. The van der Waals surface area contributed by atoms with Gasteiger partial charge >= 0.3 is 11.9 Å². The van der Waals surface area contributed by atoms with E-state index in [0.717, 1.165) is 16.7 Å². The molecule has 0 spiro atoms. The van der Waals surface area contributed by atoms with Gasteiger partial charge in [-0.2, -0.15) is 4.73 Å². The van der Waals surface area contributed by atoms with Gasteiger partial charge < -0.3 is 24.5 Å². The number of aliphatic carboxylic acids is 1. The van der Waals surface area contributed by atoms with Crippen molar-refractivity contribution in [2.45, 2.75) is 37.5 Å². The predicted molar refractivity (Wildman–Crippen MR) is 164 cm³/mol. The highest BCUT2D eigenvalue weighted by Gasteiger charge is 2.45. The number of nitrogens with zero attached hydrogens (tertiary/aromatic N) is 1. The standard InChI is InChI=1S/C33H30Cl2N2O7/c1-42-28-12-11-23(15-30(28)43-2)29(16-24-26(34)18-37(41)19-27(24)35)44-31(38)22-9-7-20(8-10-22)17-36-33(32(39)40)14-13-21-5-3-4-6-25(21)33/h3-12,15,18-19,29,36H,13-14,16-17H2,1-2H3,(H,39,40)/t29-,33?/m0/s1. The Balaban J connectivity index is 1.35. The molecule has 1 aliphatic carbocycles. The highest BCUT2D eigenvalue weighted by atomic mass is 35.5. The number of pyridine rings is 1. The lowest BCUT2D eigenvalue weighted by atomic mass is 9.91. The lowest BCUT2D eigenvalue weighted by molar-refractivity contribution is -0.605. The van der Waals surface area contributed by atoms with Crippen molar-refractivity contribution in [3.63, 3.8) is 0 Å². The average Bonchev–Trinajstić information content (AvgIpc) is 3.41. The summed E-state index contributed by atoms with van der Waals surface area (Å²) in [6.07, 6.45) is 2.73. The molecule has 0 amide bonds. The Hall–Kier alpha value is -4.31. The molecule has 44 heavy (non-hydrogen) atoms. The van der Waals surface area contributed by atoms with Gasteiger partial charge in [0.2, 0.25) is 0 Å². The maximum absolute atomic E-state index is 13.4. The van der Waals surface area contributed by atoms with E-state index in [9.17, 15) is 19.9 Å². The Kier molecular flexibility index (Phi) is 9.29. The van der Waals surface area contributed by atoms with E-state index < -0.39 is 23.6 Å². The minimum Gasteiger partial charge on any atom is -0.619 e. The zero-order valence-electron chi connectivity index (χ0n) is 24.0. The highest BCUT2D eigenvalue weighted by molar-refractivity contribution is 6.35. The normalized spacial score (nSPS) is 16.2. The van der Waals surface area contributed by atoms with E-state index in [1.54, 1.807) is 42.5 Å². The molecule has 9 nitrogen and oxygen atoms in total. The molecule has 228 valence electrons. The Bertz CT molecular complexity index is 1670. The molecular formula is C33H30Cl2N2O7. The van der Waals surface area contributed by atoms with Crippen molar-refractivity contribution < 1.29 is 33.6 Å². The lowest BCUT2D eigenvalue weighted by Gasteiger charge is -2.27. The summed E-state index contributed by atoms with van der Waals surface area (Å²) in [4.78, 5) is 25.7. The second kappa shape index (κ2) is 13.1. The Labute approximate surface area is 264 Å². The number of carboxylic acids is 1. The van der Waals surface area contributed by atoms with Crippen LogP contribution in [0.5, 0.6) is 11.5 Å². The van der Waals surface area contributed by atoms with Gasteiger partial charge in [-0.3, -0.25) is 5.32 Å². The summed E-state index contributed by atoms with van der Waals surface area (Å²) in [6.45, 7) is 0.287. The predicted octanol–water partition coefficient (Wildman–Crippen LogP) is 5.80. The van der Waals surface area contributed by atoms with Gasteiger partial charge in [-0.05, 0) is 59.4 Å². The number of aromatic nitrogens is 1. The van der Waals surface area contributed by atoms with E-state index in [4.69, 9.17) is 37.4 Å². The van der Waals surface area contributed by atoms with E-state index in [1.165, 1.54) is 26.6 Å². The smallest absolute Gasteiger partial charge is 0.338 e. The Morgan fingerprint density at radius 2 is 1.68 bits per heavy atom. The van der Waals surface area contributed by atoms with Gasteiger partial charge in [0.05, 0.1) is 19.8 Å². The number of carboxylic acid groups (broad SMARTS) is 1. The molecule has 1 aromatic heterocycles. The van der Waals surface area contributed by atoms with Crippen molar-refractivity contribution >= 4 is 35.1 Å². The molecule has 0 fully saturated rings. The van der Waals surface area contributed by atoms with Crippen LogP contribution >= 0.6 is 23.2 Å². The molecule has 2 atom stereocenters. The second-order valence-electron chi connectivity index (χ2n) is 10.4. The molecule has 5 rings (SSSR count). The number of methoxy groups -OCH3 is 2. The van der Waals surface area contributed by atoms with Crippen LogP contribution in [0.1, 0.15) is 50.7 Å². The van der Waals surface area contributed by atoms with Crippen LogP contribution in [0.3, 0.4) is 0 Å². The van der Waals surface area contributed by atoms with Crippen LogP contribution in [0.15, 0.2) is 79.1 Å². The number of esters is 1. The van der Waals surface area contributed by atoms with E-state index in [-0.39, 0.29) is 23.0 Å². The zero-order chi connectivity index (χ0) is 31.4. The van der Waals surface area contributed by atoms with Crippen LogP contribution < -0.4 is 19.5 Å². The molecule has 0 saturated heterocycles. The van der Waals surface area contributed by atoms with Crippen molar-refractivity contribution in [2.24, 2.45) is 0 Å². The SMILES string of the molecule is COc1ccc([C@H](Cc2c(Cl)c[n+]([O-])cc2Cl)OC(=O)c2ccc(CNC3(C(=O)O)CCc4ccccc43)cc2)cc1OC. The fraction of sp³-hybridized carbons (Fsp3) is 0.242. The molecule has 1 unspecified atom stereocenters. The molecule has 0 bridgehead atoms. The molecule has 2 N–H and O–H groups in total. The van der Waals surface area contributed by atoms with Crippen molar-refractivity contribution in [1.29, 1.82) is 0 Å². The first kappa shape index (κ1) is 31.1. The summed E-state index contributed by atoms with van der Waals surface area (Å²) in [5, 5.41) is 25.4. The number of hydrogen-bond donors (Lipinski definition) is 2. The number of ether oxygens (including phenoxy) is 3. The first-order valence-electron chi connectivity index (χ1n) is 13.8. The minimum absolute atomic E-state index is 0.0838. The van der Waals surface area contributed by atoms with Crippen LogP contribution in [0, 0.1) is 5.21 Å². The molecule has 1 heterocycles. The van der Waals surface area contributed by atoms with Crippen molar-refractivity contribution in [1.82, 2.24) is 5.32 Å². The number of halogens is 2. The number of nitrogens with one attached hydrogen (secondary N) is 1. The number of benzene rings is 3. The Morgan fingerprint density at radius 1 is 1.00 bits per heavy atom. The van der Waals surface area contributed by atoms with E-state index >= 15 is 0 Å². The van der Waals surface area contributed by atoms with Gasteiger partial charge in [-0.15, -0.1) is 0 Å². The van der Waals surface area contributed by atoms with E-state index in [1.807, 2.05) is 24.3 Å². The van der Waals surface area contributed by atoms with Crippen LogP contribution in [0.2, 0.25) is 10.0 Å². The highest BCUT2D eigenvalue weighted by Crippen LogP contribution is 2.38. The summed E-state index contributed by atoms with van der Waals surface area (Å²) in [6, 6.07) is 19.5. The molecule has 3 aromatic carbocycles. The zero-order valence-corrected chi connectivity index (χ0v) is 25.5. The van der Waals surface area contributed by atoms with Crippen LogP contribution in [0.4, 0.5) is 0 Å². The number of carbonyl (C=O) groups excluding carboxylic acids is 1. The fourth-order valence-corrected chi connectivity index (χ4v) is 6.09. The number of fused-ring (bicyclic) bond motifs is 1. The second-order valence-corrected chi connectivity index (χ2v) is 11.2. The van der Waals surface area contributed by atoms with Gasteiger partial charge in [0.15, 0.2) is 23.9 Å². The fourth-order valence-electron chi connectivity index (χ4n) is 5.49. The number of rotatable bonds is 11. The average molecular weight is 638 g/mol. The van der Waals surface area contributed by atoms with Crippen LogP contribution in [0.25, 0.3) is 0 Å². The summed E-state index contributed by atoms with van der Waals surface area (Å²) in [5.41, 5.74) is 2.76. The number of hydrogen-bond acceptors (Lipinski definition) is 7. The monoisotopic (exact) mass is 636 g/mol. The first-order valence-corrected chi connectivity index (χ1v) is 14.6. The molecular weight excluding hydrogens is 607 g/mol. The summed E-state index contributed by atoms with van der Waals surface area (Å²) < 4.78 is 17.3. The summed E-state index contributed by atoms with van der Waals surface area (Å²) in [5.74, 6) is -0.584. The van der Waals surface area contributed by atoms with Crippen molar-refractivity contribution in [2.75, 3.05) is 14.2 Å². The minimum atomic E-state index is -1.17. The third kappa shape index (κ3) is 6.31. The maximum Gasteiger partial charge on any atom is 0.338 e. The van der Waals surface area contributed by atoms with Crippen molar-refractivity contribution in [3.8, 4) is 11.5 Å². The topological polar surface area (TPSA) is 121 Å². The third-order valence-corrected chi connectivity index (χ3v) is 8.52. The third-order valence-electron chi connectivity index (χ3n) is 7.87. The molecule has 0 radical (unpaired) electrons. The van der Waals surface area contributed by atoms with Gasteiger partial charge in [-0.25, -0.2) is 9.59 Å². The molecule has 0 aliphatic heterocycles. The van der Waals surface area contributed by atoms with Crippen LogP contribution in [-0.2, 0) is 34.5 Å². The van der Waals surface area contributed by atoms with Gasteiger partial charge in [0, 0.05) is 18.5 Å². The lowest BCUT2D eigenvalue weighted by Crippen LogP contribution is -2.47. The molecule has 0 saturated carbocycles. The number of aryl methyl sites for hydroxylation is 1. The summed E-state index contributed by atoms with van der Waals surface area (Å²) >= 11 is 12.7. The number of carbonyl (C=O) groups is 2. The maximum atomic E-state index is 13.4. The van der Waals surface area contributed by atoms with Gasteiger partial charge in [-0.1, -0.05) is 65.7 Å². The van der Waals surface area contributed by atoms with Crippen LogP contribution in [-0.4, -0.2) is 31.3 Å². The van der Waals surface area contributed by atoms with E-state index in [0.29, 0.717) is 45.8 Å². The molecule has 4 aromatic rings. The van der Waals surface area contributed by atoms with Gasteiger partial charge in [0.25, 0.3) is 0 Å².